The Bertz CT molecular complexity index is 758. The van der Waals surface area contributed by atoms with E-state index in [1.165, 1.54) is 7.11 Å². The summed E-state index contributed by atoms with van der Waals surface area (Å²) in [6.45, 7) is 0. The fraction of sp³-hybridized carbons (Fsp3) is 0.250. The number of benzene rings is 1. The first-order valence-electron chi connectivity index (χ1n) is 6.49. The number of allylic oxidation sites excluding steroid dienone is 2. The van der Waals surface area contributed by atoms with Crippen LogP contribution in [0.2, 0.25) is 0 Å². The lowest BCUT2D eigenvalue weighted by molar-refractivity contribution is 0.162. The third kappa shape index (κ3) is 1.93. The molecule has 1 heterocycles. The van der Waals surface area contributed by atoms with E-state index in [2.05, 4.69) is 0 Å². The van der Waals surface area contributed by atoms with Gasteiger partial charge >= 0.3 is 0 Å². The summed E-state index contributed by atoms with van der Waals surface area (Å²) >= 11 is 0. The van der Waals surface area contributed by atoms with Gasteiger partial charge in [-0.25, -0.2) is 0 Å². The van der Waals surface area contributed by atoms with Crippen molar-refractivity contribution in [3.05, 3.63) is 40.8 Å². The van der Waals surface area contributed by atoms with Crippen LogP contribution in [-0.2, 0) is 4.74 Å². The molecule has 110 valence electrons. The Morgan fingerprint density at radius 3 is 2.48 bits per heavy atom. The number of aliphatic hydroxyl groups excluding tert-OH is 1. The largest absolute Gasteiger partial charge is 0.493 e. The molecule has 0 radical (unpaired) electrons. The van der Waals surface area contributed by atoms with Crippen molar-refractivity contribution in [2.24, 2.45) is 0 Å². The Kier molecular flexibility index (Phi) is 3.25. The molecule has 0 fully saturated rings. The number of hydrogen-bond donors (Lipinski definition) is 1. The first-order valence-corrected chi connectivity index (χ1v) is 6.49. The van der Waals surface area contributed by atoms with E-state index >= 15 is 0 Å². The minimum absolute atomic E-state index is 0.155. The molecule has 0 amide bonds. The SMILES string of the molecule is COc1cc2c(c(OC)c1OC)=C1C=CC=CC1OC=2O. The lowest BCUT2D eigenvalue weighted by atomic mass is 9.97. The summed E-state index contributed by atoms with van der Waals surface area (Å²) in [6, 6.07) is 1.68. The second-order valence-corrected chi connectivity index (χ2v) is 4.61. The Hall–Kier alpha value is -2.56. The maximum Gasteiger partial charge on any atom is 0.286 e. The quantitative estimate of drug-likeness (QED) is 0.899. The van der Waals surface area contributed by atoms with Crippen molar-refractivity contribution in [1.29, 1.82) is 0 Å². The molecule has 0 bridgehead atoms. The third-order valence-electron chi connectivity index (χ3n) is 3.57. The Morgan fingerprint density at radius 1 is 1.05 bits per heavy atom. The smallest absolute Gasteiger partial charge is 0.286 e. The van der Waals surface area contributed by atoms with Crippen molar-refractivity contribution >= 4 is 11.5 Å². The van der Waals surface area contributed by atoms with Gasteiger partial charge in [-0.3, -0.25) is 0 Å². The second-order valence-electron chi connectivity index (χ2n) is 4.61. The number of rotatable bonds is 3. The topological polar surface area (TPSA) is 57.2 Å². The highest BCUT2D eigenvalue weighted by Crippen LogP contribution is 2.34. The Balaban J connectivity index is 2.50. The van der Waals surface area contributed by atoms with Crippen molar-refractivity contribution in [3.63, 3.8) is 0 Å². The highest BCUT2D eigenvalue weighted by molar-refractivity contribution is 5.72. The summed E-state index contributed by atoms with van der Waals surface area (Å²) in [6.07, 6.45) is 7.25. The molecule has 1 N–H and O–H groups in total. The van der Waals surface area contributed by atoms with Gasteiger partial charge < -0.3 is 24.1 Å². The second kappa shape index (κ2) is 5.09. The maximum atomic E-state index is 10.2. The number of aliphatic hydroxyl groups is 1. The van der Waals surface area contributed by atoms with Crippen molar-refractivity contribution in [1.82, 2.24) is 0 Å². The molecule has 1 aliphatic heterocycles. The van der Waals surface area contributed by atoms with Crippen LogP contribution in [0.25, 0.3) is 11.5 Å². The van der Waals surface area contributed by atoms with Crippen LogP contribution < -0.4 is 24.6 Å². The molecule has 1 aliphatic carbocycles. The van der Waals surface area contributed by atoms with Gasteiger partial charge in [-0.2, -0.15) is 0 Å². The highest BCUT2D eigenvalue weighted by atomic mass is 16.6. The molecule has 0 saturated heterocycles. The van der Waals surface area contributed by atoms with E-state index in [9.17, 15) is 5.11 Å². The van der Waals surface area contributed by atoms with E-state index in [1.54, 1.807) is 20.3 Å². The first-order chi connectivity index (χ1) is 10.2. The van der Waals surface area contributed by atoms with Crippen LogP contribution in [0.15, 0.2) is 30.4 Å². The molecule has 3 rings (SSSR count). The molecule has 1 aromatic carbocycles. The Morgan fingerprint density at radius 2 is 1.81 bits per heavy atom. The van der Waals surface area contributed by atoms with Gasteiger partial charge in [0.15, 0.2) is 11.5 Å². The van der Waals surface area contributed by atoms with Crippen LogP contribution in [0.3, 0.4) is 0 Å². The van der Waals surface area contributed by atoms with E-state index in [-0.39, 0.29) is 12.0 Å². The number of hydrogen-bond acceptors (Lipinski definition) is 5. The average molecular weight is 288 g/mol. The molecule has 1 unspecified atom stereocenters. The van der Waals surface area contributed by atoms with Gasteiger partial charge in [-0.05, 0) is 12.1 Å². The summed E-state index contributed by atoms with van der Waals surface area (Å²) in [5, 5.41) is 11.5. The van der Waals surface area contributed by atoms with Crippen molar-refractivity contribution in [3.8, 4) is 17.2 Å². The van der Waals surface area contributed by atoms with Crippen LogP contribution in [-0.4, -0.2) is 32.5 Å². The third-order valence-corrected chi connectivity index (χ3v) is 3.57. The van der Waals surface area contributed by atoms with Crippen LogP contribution in [0.5, 0.6) is 17.2 Å². The minimum atomic E-state index is -0.338. The van der Waals surface area contributed by atoms with Crippen LogP contribution >= 0.6 is 0 Å². The highest BCUT2D eigenvalue weighted by Gasteiger charge is 2.26. The van der Waals surface area contributed by atoms with E-state index in [0.29, 0.717) is 22.5 Å². The van der Waals surface area contributed by atoms with Gasteiger partial charge in [-0.1, -0.05) is 18.2 Å². The van der Waals surface area contributed by atoms with Gasteiger partial charge in [0.2, 0.25) is 5.75 Å². The molecule has 5 nitrogen and oxygen atoms in total. The van der Waals surface area contributed by atoms with Gasteiger partial charge in [0.05, 0.1) is 26.5 Å². The predicted octanol–water partition coefficient (Wildman–Crippen LogP) is 1.01. The number of ether oxygens (including phenoxy) is 4. The summed E-state index contributed by atoms with van der Waals surface area (Å²) in [5.74, 6) is 1.32. The summed E-state index contributed by atoms with van der Waals surface area (Å²) in [7, 11) is 4.64. The molecular formula is C16H16O5. The van der Waals surface area contributed by atoms with Gasteiger partial charge in [0.1, 0.15) is 6.10 Å². The fourth-order valence-corrected chi connectivity index (χ4v) is 2.65. The van der Waals surface area contributed by atoms with Gasteiger partial charge in [0.25, 0.3) is 5.95 Å². The normalized spacial score (nSPS) is 18.7. The van der Waals surface area contributed by atoms with Crippen LogP contribution in [0.4, 0.5) is 0 Å². The summed E-state index contributed by atoms with van der Waals surface area (Å²) < 4.78 is 21.8. The zero-order valence-electron chi connectivity index (χ0n) is 12.0. The zero-order valence-corrected chi connectivity index (χ0v) is 12.0. The molecule has 0 aromatic heterocycles. The average Bonchev–Trinajstić information content (AvgIpc) is 2.52. The standard InChI is InChI=1S/C16H16O5/c1-18-12-8-10-13(15(20-3)14(12)19-2)9-6-4-5-7-11(9)21-16(10)17/h4-8,11,17H,1-3H3. The van der Waals surface area contributed by atoms with E-state index < -0.39 is 0 Å². The molecule has 5 heteroatoms. The molecule has 1 aromatic rings. The van der Waals surface area contributed by atoms with Crippen molar-refractivity contribution in [2.45, 2.75) is 6.10 Å². The monoisotopic (exact) mass is 288 g/mol. The molecule has 1 atom stereocenters. The summed E-state index contributed by atoms with van der Waals surface area (Å²) in [4.78, 5) is 0. The first kappa shape index (κ1) is 13.4. The number of methoxy groups -OCH3 is 3. The van der Waals surface area contributed by atoms with Crippen molar-refractivity contribution < 1.29 is 24.1 Å². The van der Waals surface area contributed by atoms with Crippen LogP contribution in [0, 0.1) is 0 Å². The van der Waals surface area contributed by atoms with E-state index in [4.69, 9.17) is 18.9 Å². The molecule has 0 saturated carbocycles. The molecule has 21 heavy (non-hydrogen) atoms. The minimum Gasteiger partial charge on any atom is -0.493 e. The molecular weight excluding hydrogens is 272 g/mol. The van der Waals surface area contributed by atoms with Crippen LogP contribution in [0.1, 0.15) is 0 Å². The Labute approximate surface area is 122 Å². The number of fused-ring (bicyclic) bond motifs is 2. The molecule has 2 aliphatic rings. The zero-order chi connectivity index (χ0) is 15.0. The summed E-state index contributed by atoms with van der Waals surface area (Å²) in [5.41, 5.74) is 0.906. The van der Waals surface area contributed by atoms with Crippen molar-refractivity contribution in [2.75, 3.05) is 21.3 Å². The van der Waals surface area contributed by atoms with Gasteiger partial charge in [-0.15, -0.1) is 0 Å². The lowest BCUT2D eigenvalue weighted by Crippen LogP contribution is -2.39. The van der Waals surface area contributed by atoms with E-state index in [0.717, 1.165) is 10.8 Å². The lowest BCUT2D eigenvalue weighted by Gasteiger charge is -2.24. The molecule has 0 spiro atoms. The maximum absolute atomic E-state index is 10.2. The van der Waals surface area contributed by atoms with Gasteiger partial charge in [0, 0.05) is 10.8 Å². The fourth-order valence-electron chi connectivity index (χ4n) is 2.65. The predicted molar refractivity (Wildman–Crippen MR) is 77.9 cm³/mol. The van der Waals surface area contributed by atoms with E-state index in [1.807, 2.05) is 24.3 Å².